The van der Waals surface area contributed by atoms with Crippen LogP contribution in [0.15, 0.2) is 47.4 Å². The maximum Gasteiger partial charge on any atom is 0.255 e. The van der Waals surface area contributed by atoms with Gasteiger partial charge in [-0.1, -0.05) is 32.0 Å². The van der Waals surface area contributed by atoms with Crippen LogP contribution in [0.2, 0.25) is 0 Å². The molecule has 3 amide bonds. The number of amides is 3. The van der Waals surface area contributed by atoms with Gasteiger partial charge >= 0.3 is 0 Å². The molecular formula is C28H33N3O4S. The Balaban J connectivity index is 1.18. The number of imide groups is 1. The van der Waals surface area contributed by atoms with Gasteiger partial charge in [-0.05, 0) is 72.9 Å². The molecule has 0 bridgehead atoms. The molecule has 7 nitrogen and oxygen atoms in total. The zero-order chi connectivity index (χ0) is 25.2. The lowest BCUT2D eigenvalue weighted by molar-refractivity contribution is -0.136. The van der Waals surface area contributed by atoms with Crippen molar-refractivity contribution < 1.29 is 19.1 Å². The number of carbonyl (C=O) groups is 3. The van der Waals surface area contributed by atoms with Crippen molar-refractivity contribution in [3.05, 3.63) is 59.2 Å². The molecule has 1 unspecified atom stereocenters. The van der Waals surface area contributed by atoms with Crippen LogP contribution in [0.25, 0.3) is 0 Å². The molecule has 36 heavy (non-hydrogen) atoms. The van der Waals surface area contributed by atoms with E-state index in [9.17, 15) is 14.4 Å². The predicted octanol–water partition coefficient (Wildman–Crippen LogP) is 4.40. The lowest BCUT2D eigenvalue weighted by Gasteiger charge is -2.32. The Hall–Kier alpha value is -2.84. The summed E-state index contributed by atoms with van der Waals surface area (Å²) in [7, 11) is 0. The van der Waals surface area contributed by atoms with Gasteiger partial charge in [-0.2, -0.15) is 0 Å². The molecule has 3 aliphatic rings. The molecule has 2 fully saturated rings. The molecule has 0 spiro atoms. The molecule has 0 aliphatic carbocycles. The zero-order valence-electron chi connectivity index (χ0n) is 20.9. The molecule has 5 rings (SSSR count). The minimum atomic E-state index is -0.628. The summed E-state index contributed by atoms with van der Waals surface area (Å²) in [5.41, 5.74) is 2.41. The average molecular weight is 508 g/mol. The van der Waals surface area contributed by atoms with Gasteiger partial charge in [-0.15, -0.1) is 0 Å². The standard InChI is InChI=1S/C28H33N3O4S/c1-18(2)20-12-14-30(15-13-20)36-21-8-6-19(7-9-21)17-35-25-5-3-4-22-23(25)16-31(28(22)34)24-10-11-26(32)29-27(24)33/h3-9,18,20,24H,10-17H2,1-2H3,(H,29,32,33). The van der Waals surface area contributed by atoms with Gasteiger partial charge in [-0.3, -0.25) is 19.7 Å². The molecule has 0 saturated carbocycles. The van der Waals surface area contributed by atoms with Crippen LogP contribution in [0, 0.1) is 11.8 Å². The predicted molar refractivity (Wildman–Crippen MR) is 138 cm³/mol. The summed E-state index contributed by atoms with van der Waals surface area (Å²) >= 11 is 1.83. The van der Waals surface area contributed by atoms with Crippen LogP contribution in [-0.4, -0.2) is 46.1 Å². The Morgan fingerprint density at radius 3 is 2.47 bits per heavy atom. The summed E-state index contributed by atoms with van der Waals surface area (Å²) in [6.07, 6.45) is 3.12. The molecule has 190 valence electrons. The first-order chi connectivity index (χ1) is 17.4. The molecule has 3 aliphatic heterocycles. The number of carbonyl (C=O) groups excluding carboxylic acids is 3. The third-order valence-corrected chi connectivity index (χ3v) is 8.64. The first-order valence-electron chi connectivity index (χ1n) is 12.8. The normalized spacial score (nSPS) is 21.1. The third-order valence-electron chi connectivity index (χ3n) is 7.53. The lowest BCUT2D eigenvalue weighted by atomic mass is 9.87. The zero-order valence-corrected chi connectivity index (χ0v) is 21.7. The summed E-state index contributed by atoms with van der Waals surface area (Å²) in [4.78, 5) is 39.6. The van der Waals surface area contributed by atoms with Gasteiger partial charge in [0.2, 0.25) is 11.8 Å². The number of hydrogen-bond donors (Lipinski definition) is 1. The van der Waals surface area contributed by atoms with E-state index in [1.807, 2.05) is 24.1 Å². The van der Waals surface area contributed by atoms with Crippen LogP contribution >= 0.6 is 11.9 Å². The van der Waals surface area contributed by atoms with E-state index in [1.54, 1.807) is 11.0 Å². The van der Waals surface area contributed by atoms with Crippen LogP contribution in [-0.2, 0) is 22.7 Å². The van der Waals surface area contributed by atoms with Crippen molar-refractivity contribution in [1.82, 2.24) is 14.5 Å². The molecule has 2 aromatic rings. The highest BCUT2D eigenvalue weighted by Crippen LogP contribution is 2.34. The van der Waals surface area contributed by atoms with Gasteiger partial charge in [-0.25, -0.2) is 4.31 Å². The highest BCUT2D eigenvalue weighted by molar-refractivity contribution is 7.97. The van der Waals surface area contributed by atoms with Crippen LogP contribution in [0.5, 0.6) is 5.75 Å². The Morgan fingerprint density at radius 2 is 1.78 bits per heavy atom. The van der Waals surface area contributed by atoms with Gasteiger partial charge in [0.1, 0.15) is 18.4 Å². The van der Waals surface area contributed by atoms with Crippen LogP contribution in [0.4, 0.5) is 0 Å². The summed E-state index contributed by atoms with van der Waals surface area (Å²) < 4.78 is 8.60. The van der Waals surface area contributed by atoms with Crippen LogP contribution in [0.3, 0.4) is 0 Å². The van der Waals surface area contributed by atoms with Crippen molar-refractivity contribution in [1.29, 1.82) is 0 Å². The van der Waals surface area contributed by atoms with E-state index in [1.165, 1.54) is 17.7 Å². The topological polar surface area (TPSA) is 79.0 Å². The molecule has 3 heterocycles. The summed E-state index contributed by atoms with van der Waals surface area (Å²) in [6, 6.07) is 13.3. The Labute approximate surface area is 216 Å². The fourth-order valence-corrected chi connectivity index (χ4v) is 6.23. The minimum absolute atomic E-state index is 0.191. The van der Waals surface area contributed by atoms with E-state index >= 15 is 0 Å². The van der Waals surface area contributed by atoms with Gasteiger partial charge < -0.3 is 9.64 Å². The number of hydrogen-bond acceptors (Lipinski definition) is 6. The van der Waals surface area contributed by atoms with Crippen LogP contribution < -0.4 is 10.1 Å². The quantitative estimate of drug-likeness (QED) is 0.442. The first kappa shape index (κ1) is 24.8. The SMILES string of the molecule is CC(C)C1CCN(Sc2ccc(COc3cccc4c3CN(C3CCC(=O)NC3=O)C4=O)cc2)CC1. The highest BCUT2D eigenvalue weighted by atomic mass is 32.2. The third kappa shape index (κ3) is 5.30. The summed E-state index contributed by atoms with van der Waals surface area (Å²) in [6.45, 7) is 7.61. The first-order valence-corrected chi connectivity index (χ1v) is 13.6. The van der Waals surface area contributed by atoms with Crippen molar-refractivity contribution in [3.8, 4) is 5.75 Å². The summed E-state index contributed by atoms with van der Waals surface area (Å²) in [5.74, 6) is 1.38. The number of rotatable bonds is 7. The van der Waals surface area contributed by atoms with Gasteiger partial charge in [0.15, 0.2) is 0 Å². The second-order valence-electron chi connectivity index (χ2n) is 10.2. The molecule has 2 aromatic carbocycles. The van der Waals surface area contributed by atoms with Gasteiger partial charge in [0.05, 0.1) is 6.54 Å². The van der Waals surface area contributed by atoms with E-state index in [2.05, 4.69) is 47.7 Å². The van der Waals surface area contributed by atoms with E-state index in [4.69, 9.17) is 4.74 Å². The van der Waals surface area contributed by atoms with Crippen molar-refractivity contribution >= 4 is 29.7 Å². The Bertz CT molecular complexity index is 1140. The second-order valence-corrected chi connectivity index (χ2v) is 11.4. The summed E-state index contributed by atoms with van der Waals surface area (Å²) in [5, 5.41) is 2.34. The number of fused-ring (bicyclic) bond motifs is 1. The van der Waals surface area contributed by atoms with E-state index in [-0.39, 0.29) is 18.2 Å². The Kier molecular flexibility index (Phi) is 7.34. The number of ether oxygens (including phenoxy) is 1. The number of nitrogens with zero attached hydrogens (tertiary/aromatic N) is 2. The fraction of sp³-hybridized carbons (Fsp3) is 0.464. The monoisotopic (exact) mass is 507 g/mol. The number of nitrogens with one attached hydrogen (secondary N) is 1. The highest BCUT2D eigenvalue weighted by Gasteiger charge is 2.40. The molecule has 1 atom stereocenters. The molecule has 8 heteroatoms. The number of piperidine rings is 2. The molecular weight excluding hydrogens is 474 g/mol. The minimum Gasteiger partial charge on any atom is -0.489 e. The smallest absolute Gasteiger partial charge is 0.255 e. The van der Waals surface area contributed by atoms with Crippen molar-refractivity contribution in [3.63, 3.8) is 0 Å². The van der Waals surface area contributed by atoms with E-state index < -0.39 is 11.9 Å². The van der Waals surface area contributed by atoms with Crippen molar-refractivity contribution in [2.45, 2.75) is 63.6 Å². The Morgan fingerprint density at radius 1 is 1.03 bits per heavy atom. The van der Waals surface area contributed by atoms with Gasteiger partial charge in [0.25, 0.3) is 5.91 Å². The van der Waals surface area contributed by atoms with Crippen LogP contribution in [0.1, 0.15) is 61.0 Å². The average Bonchev–Trinajstić information content (AvgIpc) is 3.21. The van der Waals surface area contributed by atoms with Gasteiger partial charge in [0, 0.05) is 35.5 Å². The lowest BCUT2D eigenvalue weighted by Crippen LogP contribution is -2.52. The number of benzene rings is 2. The van der Waals surface area contributed by atoms with E-state index in [0.29, 0.717) is 30.9 Å². The molecule has 0 radical (unpaired) electrons. The maximum atomic E-state index is 13.0. The maximum absolute atomic E-state index is 13.0. The van der Waals surface area contributed by atoms with E-state index in [0.717, 1.165) is 36.1 Å². The molecule has 2 saturated heterocycles. The second kappa shape index (κ2) is 10.6. The fourth-order valence-electron chi connectivity index (χ4n) is 5.28. The molecule has 0 aromatic heterocycles. The largest absolute Gasteiger partial charge is 0.489 e. The molecule has 1 N–H and O–H groups in total. The van der Waals surface area contributed by atoms with Crippen molar-refractivity contribution in [2.24, 2.45) is 11.8 Å². The van der Waals surface area contributed by atoms with Crippen molar-refractivity contribution in [2.75, 3.05) is 13.1 Å².